The lowest BCUT2D eigenvalue weighted by Crippen LogP contribution is -2.13. The zero-order chi connectivity index (χ0) is 13.8. The number of hydrogen-bond donors (Lipinski definition) is 1. The van der Waals surface area contributed by atoms with Crippen molar-refractivity contribution in [1.82, 2.24) is 0 Å². The highest BCUT2D eigenvalue weighted by atomic mass is 35.5. The van der Waals surface area contributed by atoms with Gasteiger partial charge in [0.05, 0.1) is 0 Å². The Morgan fingerprint density at radius 2 is 1.79 bits per heavy atom. The highest BCUT2D eigenvalue weighted by Crippen LogP contribution is 2.15. The number of aryl methyl sites for hydroxylation is 2. The van der Waals surface area contributed by atoms with E-state index in [1.165, 1.54) is 0 Å². The smallest absolute Gasteiger partial charge is 0.255 e. The number of nitrogens with one attached hydrogen (secondary N) is 1. The van der Waals surface area contributed by atoms with Crippen LogP contribution in [0.2, 0.25) is 0 Å². The largest absolute Gasteiger partial charge is 0.322 e. The van der Waals surface area contributed by atoms with Crippen molar-refractivity contribution in [1.29, 1.82) is 0 Å². The summed E-state index contributed by atoms with van der Waals surface area (Å²) in [5, 5.41) is 2.90. The second kappa shape index (κ2) is 5.89. The van der Waals surface area contributed by atoms with Gasteiger partial charge >= 0.3 is 0 Å². The van der Waals surface area contributed by atoms with Crippen molar-refractivity contribution in [2.24, 2.45) is 0 Å². The summed E-state index contributed by atoms with van der Waals surface area (Å²) in [6, 6.07) is 13.4. The summed E-state index contributed by atoms with van der Waals surface area (Å²) in [6.45, 7) is 3.91. The third kappa shape index (κ3) is 3.36. The fraction of sp³-hybridized carbons (Fsp3) is 0.188. The van der Waals surface area contributed by atoms with Gasteiger partial charge in [0, 0.05) is 17.1 Å². The number of rotatable bonds is 3. The minimum absolute atomic E-state index is 0.0835. The molecule has 0 aliphatic rings. The molecule has 0 aliphatic heterocycles. The van der Waals surface area contributed by atoms with Crippen LogP contribution in [0, 0.1) is 13.8 Å². The number of amides is 1. The maximum absolute atomic E-state index is 12.2. The summed E-state index contributed by atoms with van der Waals surface area (Å²) in [5.74, 6) is 0.394. The molecule has 19 heavy (non-hydrogen) atoms. The molecule has 0 saturated heterocycles. The van der Waals surface area contributed by atoms with Gasteiger partial charge in [-0.15, -0.1) is 11.6 Å². The van der Waals surface area contributed by atoms with E-state index in [9.17, 15) is 4.79 Å². The van der Waals surface area contributed by atoms with Crippen molar-refractivity contribution < 1.29 is 4.79 Å². The molecule has 0 fully saturated rings. The van der Waals surface area contributed by atoms with E-state index < -0.39 is 0 Å². The Bertz CT molecular complexity index is 590. The van der Waals surface area contributed by atoms with Gasteiger partial charge in [0.15, 0.2) is 0 Å². The summed E-state index contributed by atoms with van der Waals surface area (Å²) in [5.41, 5.74) is 4.57. The first kappa shape index (κ1) is 13.6. The molecule has 2 aromatic carbocycles. The van der Waals surface area contributed by atoms with Crippen LogP contribution in [-0.2, 0) is 5.88 Å². The van der Waals surface area contributed by atoms with Crippen LogP contribution in [0.3, 0.4) is 0 Å². The van der Waals surface area contributed by atoms with Crippen LogP contribution < -0.4 is 5.32 Å². The molecule has 1 N–H and O–H groups in total. The molecule has 1 amide bonds. The zero-order valence-corrected chi connectivity index (χ0v) is 11.8. The van der Waals surface area contributed by atoms with Gasteiger partial charge < -0.3 is 5.32 Å². The average molecular weight is 274 g/mol. The highest BCUT2D eigenvalue weighted by Gasteiger charge is 2.09. The van der Waals surface area contributed by atoms with E-state index in [1.807, 2.05) is 56.3 Å². The minimum Gasteiger partial charge on any atom is -0.322 e. The molecule has 3 heteroatoms. The molecule has 2 aromatic rings. The second-order valence-electron chi connectivity index (χ2n) is 4.60. The van der Waals surface area contributed by atoms with Crippen LogP contribution in [-0.4, -0.2) is 5.91 Å². The first-order valence-electron chi connectivity index (χ1n) is 6.13. The predicted molar refractivity (Wildman–Crippen MR) is 79.9 cm³/mol. The summed E-state index contributed by atoms with van der Waals surface area (Å²) in [7, 11) is 0. The lowest BCUT2D eigenvalue weighted by molar-refractivity contribution is 0.102. The van der Waals surface area contributed by atoms with E-state index in [0.29, 0.717) is 11.4 Å². The van der Waals surface area contributed by atoms with E-state index >= 15 is 0 Å². The van der Waals surface area contributed by atoms with Crippen LogP contribution >= 0.6 is 11.6 Å². The Hall–Kier alpha value is -1.80. The van der Waals surface area contributed by atoms with Crippen LogP contribution in [0.5, 0.6) is 0 Å². The Balaban J connectivity index is 2.18. The fourth-order valence-corrected chi connectivity index (χ4v) is 2.03. The normalized spacial score (nSPS) is 10.3. The van der Waals surface area contributed by atoms with Crippen molar-refractivity contribution in [3.05, 3.63) is 64.7 Å². The maximum Gasteiger partial charge on any atom is 0.255 e. The van der Waals surface area contributed by atoms with Gasteiger partial charge in [-0.25, -0.2) is 0 Å². The summed E-state index contributed by atoms with van der Waals surface area (Å²) in [6.07, 6.45) is 0. The molecule has 0 spiro atoms. The summed E-state index contributed by atoms with van der Waals surface area (Å²) in [4.78, 5) is 12.2. The van der Waals surface area contributed by atoms with Crippen molar-refractivity contribution in [3.8, 4) is 0 Å². The highest BCUT2D eigenvalue weighted by molar-refractivity contribution is 6.17. The Kier molecular flexibility index (Phi) is 4.23. The Morgan fingerprint density at radius 1 is 1.11 bits per heavy atom. The molecule has 0 radical (unpaired) electrons. The van der Waals surface area contributed by atoms with Crippen molar-refractivity contribution >= 4 is 23.2 Å². The average Bonchev–Trinajstić information content (AvgIpc) is 2.42. The maximum atomic E-state index is 12.2. The number of anilines is 1. The van der Waals surface area contributed by atoms with Crippen molar-refractivity contribution in [3.63, 3.8) is 0 Å². The quantitative estimate of drug-likeness (QED) is 0.830. The first-order chi connectivity index (χ1) is 9.10. The number of halogens is 1. The fourth-order valence-electron chi connectivity index (χ4n) is 1.86. The van der Waals surface area contributed by atoms with Gasteiger partial charge in [-0.3, -0.25) is 4.79 Å². The summed E-state index contributed by atoms with van der Waals surface area (Å²) >= 11 is 5.73. The third-order valence-electron chi connectivity index (χ3n) is 3.00. The number of carbonyl (C=O) groups is 1. The minimum atomic E-state index is -0.0835. The van der Waals surface area contributed by atoms with Gasteiger partial charge in [-0.05, 0) is 43.2 Å². The molecule has 0 bridgehead atoms. The molecular weight excluding hydrogens is 258 g/mol. The van der Waals surface area contributed by atoms with Gasteiger partial charge in [0.1, 0.15) is 0 Å². The molecular formula is C16H16ClNO. The second-order valence-corrected chi connectivity index (χ2v) is 4.87. The van der Waals surface area contributed by atoms with E-state index in [0.717, 1.165) is 22.4 Å². The van der Waals surface area contributed by atoms with Gasteiger partial charge in [0.2, 0.25) is 0 Å². The Labute approximate surface area is 118 Å². The molecule has 0 heterocycles. The number of benzene rings is 2. The lowest BCUT2D eigenvalue weighted by Gasteiger charge is -2.09. The van der Waals surface area contributed by atoms with Gasteiger partial charge in [-0.1, -0.05) is 29.8 Å². The SMILES string of the molecule is Cc1ccc(C)c(C(=O)Nc2ccc(CCl)cc2)c1. The van der Waals surface area contributed by atoms with Gasteiger partial charge in [-0.2, -0.15) is 0 Å². The van der Waals surface area contributed by atoms with E-state index in [4.69, 9.17) is 11.6 Å². The van der Waals surface area contributed by atoms with Gasteiger partial charge in [0.25, 0.3) is 5.91 Å². The van der Waals surface area contributed by atoms with Crippen molar-refractivity contribution in [2.45, 2.75) is 19.7 Å². The molecule has 0 aromatic heterocycles. The first-order valence-corrected chi connectivity index (χ1v) is 6.67. The molecule has 2 rings (SSSR count). The predicted octanol–water partition coefficient (Wildman–Crippen LogP) is 4.29. The van der Waals surface area contributed by atoms with Crippen LogP contribution in [0.4, 0.5) is 5.69 Å². The lowest BCUT2D eigenvalue weighted by atomic mass is 10.0. The third-order valence-corrected chi connectivity index (χ3v) is 3.31. The Morgan fingerprint density at radius 3 is 2.42 bits per heavy atom. The number of alkyl halides is 1. The van der Waals surface area contributed by atoms with Crippen LogP contribution in [0.25, 0.3) is 0 Å². The molecule has 98 valence electrons. The van der Waals surface area contributed by atoms with Crippen LogP contribution in [0.1, 0.15) is 27.0 Å². The van der Waals surface area contributed by atoms with Crippen LogP contribution in [0.15, 0.2) is 42.5 Å². The molecule has 0 aliphatic carbocycles. The van der Waals surface area contributed by atoms with Crippen molar-refractivity contribution in [2.75, 3.05) is 5.32 Å². The zero-order valence-electron chi connectivity index (χ0n) is 11.0. The molecule has 0 unspecified atom stereocenters. The molecule has 0 saturated carbocycles. The topological polar surface area (TPSA) is 29.1 Å². The van der Waals surface area contributed by atoms with E-state index in [-0.39, 0.29) is 5.91 Å². The monoisotopic (exact) mass is 273 g/mol. The van der Waals surface area contributed by atoms with E-state index in [1.54, 1.807) is 0 Å². The molecule has 2 nitrogen and oxygen atoms in total. The number of carbonyl (C=O) groups excluding carboxylic acids is 1. The van der Waals surface area contributed by atoms with E-state index in [2.05, 4.69) is 5.32 Å². The molecule has 0 atom stereocenters. The summed E-state index contributed by atoms with van der Waals surface area (Å²) < 4.78 is 0. The number of hydrogen-bond acceptors (Lipinski definition) is 1. The standard InChI is InChI=1S/C16H16ClNO/c1-11-3-4-12(2)15(9-11)16(19)18-14-7-5-13(10-17)6-8-14/h3-9H,10H2,1-2H3,(H,18,19).